The van der Waals surface area contributed by atoms with Crippen molar-refractivity contribution in [2.24, 2.45) is 17.0 Å². The summed E-state index contributed by atoms with van der Waals surface area (Å²) < 4.78 is 0. The fourth-order valence-corrected chi connectivity index (χ4v) is 4.05. The quantitative estimate of drug-likeness (QED) is 0.546. The van der Waals surface area contributed by atoms with Gasteiger partial charge in [0.1, 0.15) is 0 Å². The minimum absolute atomic E-state index is 0.488. The molecule has 0 amide bonds. The lowest BCUT2D eigenvalue weighted by molar-refractivity contribution is 0.197. The van der Waals surface area contributed by atoms with E-state index in [1.54, 1.807) is 0 Å². The van der Waals surface area contributed by atoms with E-state index < -0.39 is 0 Å². The summed E-state index contributed by atoms with van der Waals surface area (Å²) in [7, 11) is 0. The van der Waals surface area contributed by atoms with E-state index in [0.29, 0.717) is 12.0 Å². The molecule has 0 aromatic heterocycles. The highest BCUT2D eigenvalue weighted by molar-refractivity contribution is 5.94. The normalized spacial score (nSPS) is 42.8. The second kappa shape index (κ2) is 4.36. The number of hydrogen-bond acceptors (Lipinski definition) is 3. The number of hydrogen-bond donors (Lipinski definition) is 1. The fourth-order valence-electron chi connectivity index (χ4n) is 4.05. The van der Waals surface area contributed by atoms with Gasteiger partial charge in [-0.2, -0.15) is 0 Å². The summed E-state index contributed by atoms with van der Waals surface area (Å²) in [4.78, 5) is 2.60. The van der Waals surface area contributed by atoms with Crippen LogP contribution >= 0.6 is 0 Å². The van der Waals surface area contributed by atoms with Crippen LogP contribution in [-0.4, -0.2) is 35.0 Å². The molecule has 3 nitrogen and oxygen atoms in total. The summed E-state index contributed by atoms with van der Waals surface area (Å²) in [6.07, 6.45) is 9.30. The van der Waals surface area contributed by atoms with Gasteiger partial charge in [0, 0.05) is 5.92 Å². The molecule has 0 spiro atoms. The van der Waals surface area contributed by atoms with E-state index in [0.717, 1.165) is 11.6 Å². The lowest BCUT2D eigenvalue weighted by Gasteiger charge is -2.33. The molecule has 2 aliphatic carbocycles. The van der Waals surface area contributed by atoms with Crippen LogP contribution in [0.25, 0.3) is 0 Å². The standard InChI is InChI=1S/C13H22N2O/c16-14-12-10-5-6-11(9-10)13(12)15-7-3-1-2-4-8-15/h10-11,13,16H,1-9H2/b14-12-/t10-,11+,13+/m0/s1. The Morgan fingerprint density at radius 3 is 2.50 bits per heavy atom. The van der Waals surface area contributed by atoms with Crippen LogP contribution in [0.15, 0.2) is 5.16 Å². The summed E-state index contributed by atoms with van der Waals surface area (Å²) in [5.41, 5.74) is 1.11. The largest absolute Gasteiger partial charge is 0.411 e. The Kier molecular flexibility index (Phi) is 2.88. The molecule has 2 saturated carbocycles. The Labute approximate surface area is 97.5 Å². The molecule has 3 atom stereocenters. The topological polar surface area (TPSA) is 35.8 Å². The van der Waals surface area contributed by atoms with Gasteiger partial charge >= 0.3 is 0 Å². The summed E-state index contributed by atoms with van der Waals surface area (Å²) in [5.74, 6) is 1.39. The molecule has 3 fully saturated rings. The molecule has 3 heteroatoms. The van der Waals surface area contributed by atoms with Crippen LogP contribution in [-0.2, 0) is 0 Å². The lowest BCUT2D eigenvalue weighted by Crippen LogP contribution is -2.45. The summed E-state index contributed by atoms with van der Waals surface area (Å²) in [6.45, 7) is 2.43. The number of rotatable bonds is 1. The molecule has 0 unspecified atom stereocenters. The Morgan fingerprint density at radius 2 is 1.81 bits per heavy atom. The van der Waals surface area contributed by atoms with E-state index >= 15 is 0 Å². The van der Waals surface area contributed by atoms with Gasteiger partial charge in [0.25, 0.3) is 0 Å². The second-order valence-corrected chi connectivity index (χ2v) is 5.69. The molecule has 0 aromatic carbocycles. The minimum atomic E-state index is 0.488. The van der Waals surface area contributed by atoms with Gasteiger partial charge in [0.15, 0.2) is 0 Å². The molecule has 3 aliphatic rings. The molecule has 1 saturated heterocycles. The van der Waals surface area contributed by atoms with E-state index in [9.17, 15) is 5.21 Å². The molecular formula is C13H22N2O. The van der Waals surface area contributed by atoms with Gasteiger partial charge in [-0.05, 0) is 51.1 Å². The number of nitrogens with zero attached hydrogens (tertiary/aromatic N) is 2. The molecule has 16 heavy (non-hydrogen) atoms. The zero-order valence-corrected chi connectivity index (χ0v) is 9.94. The third-order valence-corrected chi connectivity index (χ3v) is 4.79. The van der Waals surface area contributed by atoms with Crippen molar-refractivity contribution in [3.63, 3.8) is 0 Å². The first-order valence-corrected chi connectivity index (χ1v) is 6.86. The summed E-state index contributed by atoms with van der Waals surface area (Å²) >= 11 is 0. The monoisotopic (exact) mass is 222 g/mol. The zero-order chi connectivity index (χ0) is 11.0. The number of oxime groups is 1. The predicted molar refractivity (Wildman–Crippen MR) is 63.9 cm³/mol. The van der Waals surface area contributed by atoms with Crippen molar-refractivity contribution in [2.75, 3.05) is 13.1 Å². The first-order chi connectivity index (χ1) is 7.90. The number of fused-ring (bicyclic) bond motifs is 2. The van der Waals surface area contributed by atoms with Crippen molar-refractivity contribution < 1.29 is 5.21 Å². The highest BCUT2D eigenvalue weighted by atomic mass is 16.4. The first-order valence-electron chi connectivity index (χ1n) is 6.86. The minimum Gasteiger partial charge on any atom is -0.411 e. The fraction of sp³-hybridized carbons (Fsp3) is 0.923. The van der Waals surface area contributed by atoms with Crippen LogP contribution in [0.5, 0.6) is 0 Å². The van der Waals surface area contributed by atoms with E-state index in [1.165, 1.54) is 58.0 Å². The molecule has 1 heterocycles. The molecule has 2 bridgehead atoms. The second-order valence-electron chi connectivity index (χ2n) is 5.69. The zero-order valence-electron chi connectivity index (χ0n) is 9.94. The van der Waals surface area contributed by atoms with Crippen molar-refractivity contribution in [1.82, 2.24) is 4.90 Å². The molecule has 0 aromatic rings. The van der Waals surface area contributed by atoms with Gasteiger partial charge in [0.05, 0.1) is 11.8 Å². The maximum Gasteiger partial charge on any atom is 0.0775 e. The van der Waals surface area contributed by atoms with Crippen molar-refractivity contribution in [2.45, 2.75) is 51.0 Å². The summed E-state index contributed by atoms with van der Waals surface area (Å²) in [5, 5.41) is 12.9. The van der Waals surface area contributed by atoms with E-state index in [4.69, 9.17) is 0 Å². The van der Waals surface area contributed by atoms with Gasteiger partial charge in [-0.3, -0.25) is 4.90 Å². The van der Waals surface area contributed by atoms with Crippen LogP contribution in [0, 0.1) is 11.8 Å². The molecule has 3 rings (SSSR count). The van der Waals surface area contributed by atoms with Crippen LogP contribution in [0.3, 0.4) is 0 Å². The SMILES string of the molecule is O/N=C1/[C@H]2CC[C@H](C2)[C@H]1N1CCCCCC1. The van der Waals surface area contributed by atoms with Crippen LogP contribution in [0.2, 0.25) is 0 Å². The van der Waals surface area contributed by atoms with Gasteiger partial charge in [0.2, 0.25) is 0 Å². The Balaban J connectivity index is 1.77. The van der Waals surface area contributed by atoms with Crippen molar-refractivity contribution in [3.8, 4) is 0 Å². The van der Waals surface area contributed by atoms with E-state index in [2.05, 4.69) is 10.1 Å². The van der Waals surface area contributed by atoms with E-state index in [1.807, 2.05) is 0 Å². The highest BCUT2D eigenvalue weighted by Gasteiger charge is 2.47. The van der Waals surface area contributed by atoms with Crippen LogP contribution in [0.4, 0.5) is 0 Å². The van der Waals surface area contributed by atoms with Gasteiger partial charge in [-0.15, -0.1) is 0 Å². The van der Waals surface area contributed by atoms with Crippen molar-refractivity contribution in [3.05, 3.63) is 0 Å². The average molecular weight is 222 g/mol. The third-order valence-electron chi connectivity index (χ3n) is 4.79. The molecule has 1 aliphatic heterocycles. The molecule has 0 radical (unpaired) electrons. The van der Waals surface area contributed by atoms with Crippen LogP contribution < -0.4 is 0 Å². The van der Waals surface area contributed by atoms with Gasteiger partial charge < -0.3 is 5.21 Å². The van der Waals surface area contributed by atoms with Gasteiger partial charge in [-0.1, -0.05) is 18.0 Å². The molecule has 90 valence electrons. The molecular weight excluding hydrogens is 200 g/mol. The third kappa shape index (κ3) is 1.65. The summed E-state index contributed by atoms with van der Waals surface area (Å²) in [6, 6.07) is 0.488. The highest BCUT2D eigenvalue weighted by Crippen LogP contribution is 2.45. The smallest absolute Gasteiger partial charge is 0.0775 e. The molecule has 1 N–H and O–H groups in total. The Hall–Kier alpha value is -0.570. The maximum atomic E-state index is 9.22. The van der Waals surface area contributed by atoms with Crippen LogP contribution in [0.1, 0.15) is 44.9 Å². The average Bonchev–Trinajstić information content (AvgIpc) is 2.80. The first kappa shape index (κ1) is 10.6. The van der Waals surface area contributed by atoms with Crippen molar-refractivity contribution >= 4 is 5.71 Å². The Morgan fingerprint density at radius 1 is 1.06 bits per heavy atom. The predicted octanol–water partition coefficient (Wildman–Crippen LogP) is 2.49. The van der Waals surface area contributed by atoms with E-state index in [-0.39, 0.29) is 0 Å². The van der Waals surface area contributed by atoms with Crippen molar-refractivity contribution in [1.29, 1.82) is 0 Å². The van der Waals surface area contributed by atoms with Gasteiger partial charge in [-0.25, -0.2) is 0 Å². The maximum absolute atomic E-state index is 9.22. The number of likely N-dealkylation sites (tertiary alicyclic amines) is 1. The lowest BCUT2D eigenvalue weighted by atomic mass is 9.92. The Bertz CT molecular complexity index is 282.